The molecule has 0 bridgehead atoms. The molecule has 138 valence electrons. The number of hydrogen-bond donors (Lipinski definition) is 2. The van der Waals surface area contributed by atoms with E-state index in [2.05, 4.69) is 10.6 Å². The molecule has 6 heteroatoms. The molecule has 0 aliphatic rings. The molecule has 2 N–H and O–H groups in total. The second-order valence-electron chi connectivity index (χ2n) is 5.56. The number of carbonyl (C=O) groups excluding carboxylic acids is 2. The van der Waals surface area contributed by atoms with Crippen LogP contribution in [0.25, 0.3) is 0 Å². The largest absolute Gasteiger partial charge is 0.494 e. The van der Waals surface area contributed by atoms with Gasteiger partial charge in [-0.3, -0.25) is 9.59 Å². The van der Waals surface area contributed by atoms with Crippen LogP contribution in [0.1, 0.15) is 30.6 Å². The molecule has 0 saturated carbocycles. The van der Waals surface area contributed by atoms with Gasteiger partial charge in [0.25, 0.3) is 5.91 Å². The summed E-state index contributed by atoms with van der Waals surface area (Å²) in [7, 11) is 0. The summed E-state index contributed by atoms with van der Waals surface area (Å²) in [4.78, 5) is 24.1. The summed E-state index contributed by atoms with van der Waals surface area (Å²) in [6.07, 6.45) is 0.911. The molecular formula is C20H24N2O4. The summed E-state index contributed by atoms with van der Waals surface area (Å²) in [6.45, 7) is 4.99. The Balaban J connectivity index is 1.83. The highest BCUT2D eigenvalue weighted by Gasteiger charge is 2.09. The predicted octanol–water partition coefficient (Wildman–Crippen LogP) is 3.24. The lowest BCUT2D eigenvalue weighted by Crippen LogP contribution is -2.32. The van der Waals surface area contributed by atoms with Gasteiger partial charge in [0, 0.05) is 17.3 Å². The third kappa shape index (κ3) is 6.12. The van der Waals surface area contributed by atoms with Crippen LogP contribution in [0.3, 0.4) is 0 Å². The molecule has 0 fully saturated rings. The third-order valence-electron chi connectivity index (χ3n) is 3.43. The topological polar surface area (TPSA) is 76.7 Å². The molecule has 0 saturated heterocycles. The fourth-order valence-electron chi connectivity index (χ4n) is 2.22. The number of amides is 2. The van der Waals surface area contributed by atoms with Crippen molar-refractivity contribution >= 4 is 17.5 Å². The average Bonchev–Trinajstić information content (AvgIpc) is 2.65. The van der Waals surface area contributed by atoms with Gasteiger partial charge in [0.05, 0.1) is 19.8 Å². The highest BCUT2D eigenvalue weighted by Crippen LogP contribution is 2.17. The third-order valence-corrected chi connectivity index (χ3v) is 3.43. The Morgan fingerprint density at radius 3 is 2.42 bits per heavy atom. The Bertz CT molecular complexity index is 729. The van der Waals surface area contributed by atoms with Gasteiger partial charge in [0.1, 0.15) is 11.5 Å². The lowest BCUT2D eigenvalue weighted by Gasteiger charge is -2.09. The molecule has 6 nitrogen and oxygen atoms in total. The molecule has 2 aromatic carbocycles. The van der Waals surface area contributed by atoms with Crippen molar-refractivity contribution in [3.05, 3.63) is 54.1 Å². The van der Waals surface area contributed by atoms with E-state index in [4.69, 9.17) is 9.47 Å². The minimum atomic E-state index is -0.316. The van der Waals surface area contributed by atoms with Gasteiger partial charge in [0.15, 0.2) is 0 Å². The van der Waals surface area contributed by atoms with Crippen LogP contribution in [0.15, 0.2) is 48.5 Å². The van der Waals surface area contributed by atoms with Gasteiger partial charge in [-0.1, -0.05) is 13.0 Å². The van der Waals surface area contributed by atoms with Gasteiger partial charge in [-0.05, 0) is 49.7 Å². The van der Waals surface area contributed by atoms with Crippen molar-refractivity contribution < 1.29 is 19.1 Å². The number of anilines is 1. The molecule has 0 radical (unpaired) electrons. The maximum absolute atomic E-state index is 12.1. The minimum Gasteiger partial charge on any atom is -0.494 e. The Hall–Kier alpha value is -3.02. The van der Waals surface area contributed by atoms with Crippen molar-refractivity contribution in [3.8, 4) is 11.5 Å². The standard InChI is InChI=1S/C20H24N2O4/c1-3-12-26-18-7-5-6-16(13-18)22-19(23)14-21-20(24)15-8-10-17(11-9-15)25-4-2/h5-11,13H,3-4,12,14H2,1-2H3,(H,21,24)(H,22,23). The first-order valence-corrected chi connectivity index (χ1v) is 8.66. The van der Waals surface area contributed by atoms with E-state index in [1.807, 2.05) is 19.9 Å². The molecule has 2 rings (SSSR count). The molecule has 2 amide bonds. The van der Waals surface area contributed by atoms with Gasteiger partial charge in [-0.15, -0.1) is 0 Å². The van der Waals surface area contributed by atoms with Crippen LogP contribution in [0, 0.1) is 0 Å². The predicted molar refractivity (Wildman–Crippen MR) is 101 cm³/mol. The minimum absolute atomic E-state index is 0.119. The SMILES string of the molecule is CCCOc1cccc(NC(=O)CNC(=O)c2ccc(OCC)cc2)c1. The Kier molecular flexibility index (Phi) is 7.49. The van der Waals surface area contributed by atoms with Crippen molar-refractivity contribution in [2.75, 3.05) is 25.1 Å². The molecule has 0 unspecified atom stereocenters. The molecule has 2 aromatic rings. The molecule has 0 aromatic heterocycles. The lowest BCUT2D eigenvalue weighted by atomic mass is 10.2. The summed E-state index contributed by atoms with van der Waals surface area (Å²) in [5, 5.41) is 5.33. The maximum Gasteiger partial charge on any atom is 0.251 e. The van der Waals surface area contributed by atoms with Gasteiger partial charge < -0.3 is 20.1 Å². The zero-order chi connectivity index (χ0) is 18.8. The molecule has 0 atom stereocenters. The number of nitrogens with one attached hydrogen (secondary N) is 2. The van der Waals surface area contributed by atoms with E-state index < -0.39 is 0 Å². The zero-order valence-corrected chi connectivity index (χ0v) is 15.1. The first kappa shape index (κ1) is 19.3. The van der Waals surface area contributed by atoms with E-state index in [9.17, 15) is 9.59 Å². The van der Waals surface area contributed by atoms with Gasteiger partial charge in [-0.25, -0.2) is 0 Å². The van der Waals surface area contributed by atoms with Crippen LogP contribution in [-0.4, -0.2) is 31.6 Å². The number of ether oxygens (including phenoxy) is 2. The van der Waals surface area contributed by atoms with Crippen LogP contribution >= 0.6 is 0 Å². The van der Waals surface area contributed by atoms with E-state index in [-0.39, 0.29) is 18.4 Å². The summed E-state index contributed by atoms with van der Waals surface area (Å²) >= 11 is 0. The fourth-order valence-corrected chi connectivity index (χ4v) is 2.22. The smallest absolute Gasteiger partial charge is 0.251 e. The molecule has 0 heterocycles. The van der Waals surface area contributed by atoms with E-state index in [0.29, 0.717) is 36.0 Å². The van der Waals surface area contributed by atoms with Crippen LogP contribution in [0.5, 0.6) is 11.5 Å². The average molecular weight is 356 g/mol. The first-order valence-electron chi connectivity index (χ1n) is 8.66. The van der Waals surface area contributed by atoms with Crippen molar-refractivity contribution in [2.45, 2.75) is 20.3 Å². The second-order valence-corrected chi connectivity index (χ2v) is 5.56. The Morgan fingerprint density at radius 1 is 0.962 bits per heavy atom. The zero-order valence-electron chi connectivity index (χ0n) is 15.1. The lowest BCUT2D eigenvalue weighted by molar-refractivity contribution is -0.115. The summed E-state index contributed by atoms with van der Waals surface area (Å²) in [6, 6.07) is 13.9. The van der Waals surface area contributed by atoms with Crippen LogP contribution < -0.4 is 20.1 Å². The van der Waals surface area contributed by atoms with Crippen molar-refractivity contribution in [1.82, 2.24) is 5.32 Å². The number of rotatable bonds is 9. The Labute approximate surface area is 153 Å². The highest BCUT2D eigenvalue weighted by molar-refractivity contribution is 5.99. The van der Waals surface area contributed by atoms with Gasteiger partial charge in [-0.2, -0.15) is 0 Å². The number of hydrogen-bond acceptors (Lipinski definition) is 4. The van der Waals surface area contributed by atoms with Crippen LogP contribution in [0.4, 0.5) is 5.69 Å². The fraction of sp³-hybridized carbons (Fsp3) is 0.300. The van der Waals surface area contributed by atoms with E-state index in [0.717, 1.165) is 6.42 Å². The summed E-state index contributed by atoms with van der Waals surface area (Å²) in [5.41, 5.74) is 1.09. The highest BCUT2D eigenvalue weighted by atomic mass is 16.5. The molecule has 0 aliphatic carbocycles. The first-order chi connectivity index (χ1) is 12.6. The Morgan fingerprint density at radius 2 is 1.73 bits per heavy atom. The summed E-state index contributed by atoms with van der Waals surface area (Å²) < 4.78 is 10.9. The van der Waals surface area contributed by atoms with Crippen LogP contribution in [-0.2, 0) is 4.79 Å². The molecule has 0 spiro atoms. The van der Waals surface area contributed by atoms with Crippen molar-refractivity contribution in [3.63, 3.8) is 0 Å². The quantitative estimate of drug-likeness (QED) is 0.723. The van der Waals surface area contributed by atoms with E-state index >= 15 is 0 Å². The molecular weight excluding hydrogens is 332 g/mol. The number of carbonyl (C=O) groups is 2. The molecule has 26 heavy (non-hydrogen) atoms. The summed E-state index contributed by atoms with van der Waals surface area (Å²) in [5.74, 6) is 0.773. The monoisotopic (exact) mass is 356 g/mol. The van der Waals surface area contributed by atoms with Gasteiger partial charge in [0.2, 0.25) is 5.91 Å². The van der Waals surface area contributed by atoms with Crippen LogP contribution in [0.2, 0.25) is 0 Å². The van der Waals surface area contributed by atoms with E-state index in [1.165, 1.54) is 0 Å². The number of benzene rings is 2. The van der Waals surface area contributed by atoms with E-state index in [1.54, 1.807) is 42.5 Å². The van der Waals surface area contributed by atoms with Crippen molar-refractivity contribution in [1.29, 1.82) is 0 Å². The van der Waals surface area contributed by atoms with Crippen molar-refractivity contribution in [2.24, 2.45) is 0 Å². The van der Waals surface area contributed by atoms with Gasteiger partial charge >= 0.3 is 0 Å². The maximum atomic E-state index is 12.1. The second kappa shape index (κ2) is 10.1. The normalized spacial score (nSPS) is 10.1. The molecule has 0 aliphatic heterocycles.